The normalized spacial score (nSPS) is 12.1. The van der Waals surface area contributed by atoms with Crippen LogP contribution in [0.1, 0.15) is 22.8 Å². The Kier molecular flexibility index (Phi) is 5.30. The molecule has 8 heteroatoms. The number of thiazole rings is 1. The van der Waals surface area contributed by atoms with E-state index in [0.717, 1.165) is 9.90 Å². The van der Waals surface area contributed by atoms with Crippen molar-refractivity contribution in [1.82, 2.24) is 4.98 Å². The molecular weight excluding hydrogens is 316 g/mol. The van der Waals surface area contributed by atoms with E-state index in [0.29, 0.717) is 17.0 Å². The molecule has 2 aromatic rings. The molecule has 0 aliphatic rings. The quantitative estimate of drug-likeness (QED) is 0.484. The van der Waals surface area contributed by atoms with Crippen molar-refractivity contribution in [2.45, 2.75) is 17.0 Å². The van der Waals surface area contributed by atoms with E-state index in [1.807, 2.05) is 5.38 Å². The number of hydrogen-bond donors (Lipinski definition) is 2. The van der Waals surface area contributed by atoms with Gasteiger partial charge in [-0.1, -0.05) is 11.8 Å². The zero-order valence-corrected chi connectivity index (χ0v) is 13.0. The predicted molar refractivity (Wildman–Crippen MR) is 82.5 cm³/mol. The summed E-state index contributed by atoms with van der Waals surface area (Å²) in [5.74, 6) is 0.524. The molecule has 5 nitrogen and oxygen atoms in total. The van der Waals surface area contributed by atoms with E-state index in [1.165, 1.54) is 30.0 Å². The van der Waals surface area contributed by atoms with E-state index in [1.54, 1.807) is 24.4 Å². The third-order valence-corrected chi connectivity index (χ3v) is 4.88. The fourth-order valence-electron chi connectivity index (χ4n) is 1.55. The lowest BCUT2D eigenvalue weighted by molar-refractivity contribution is 0.101. The van der Waals surface area contributed by atoms with Gasteiger partial charge in [-0.2, -0.15) is 0 Å². The Labute approximate surface area is 127 Å². The van der Waals surface area contributed by atoms with Gasteiger partial charge in [0.25, 0.3) is 11.3 Å². The monoisotopic (exact) mass is 328 g/mol. The number of nitrogens with one attached hydrogen (secondary N) is 1. The Balaban J connectivity index is 2.23. The minimum Gasteiger partial charge on any atom is -0.295 e. The standard InChI is InChI=1S/C12H12N2O3S3/c1-8(15)9-2-3-11(14-20(16)17)10(6-9)7-19-12-13-4-5-18-12/h2-6,14H,7H2,1H3,(H,16,17). The molecule has 0 saturated carbocycles. The lowest BCUT2D eigenvalue weighted by Crippen LogP contribution is -2.05. The number of nitrogens with zero attached hydrogens (tertiary/aromatic N) is 1. The Hall–Kier alpha value is -1.22. The minimum atomic E-state index is -2.14. The van der Waals surface area contributed by atoms with Gasteiger partial charge in [0.2, 0.25) is 0 Å². The molecule has 0 saturated heterocycles. The first-order valence-corrected chi connectivity index (χ1v) is 8.57. The molecule has 1 heterocycles. The second kappa shape index (κ2) is 6.98. The number of thioether (sulfide) groups is 1. The Bertz CT molecular complexity index is 629. The van der Waals surface area contributed by atoms with Crippen LogP contribution in [0.5, 0.6) is 0 Å². The van der Waals surface area contributed by atoms with Crippen LogP contribution in [0.15, 0.2) is 34.1 Å². The number of rotatable bonds is 6. The maximum absolute atomic E-state index is 11.4. The molecule has 1 aromatic carbocycles. The van der Waals surface area contributed by atoms with Gasteiger partial charge in [-0.3, -0.25) is 14.1 Å². The highest BCUT2D eigenvalue weighted by Crippen LogP contribution is 2.29. The molecule has 2 N–H and O–H groups in total. The second-order valence-electron chi connectivity index (χ2n) is 3.87. The average Bonchev–Trinajstić information content (AvgIpc) is 2.89. The second-order valence-corrected chi connectivity index (χ2v) is 6.69. The van der Waals surface area contributed by atoms with E-state index < -0.39 is 11.3 Å². The summed E-state index contributed by atoms with van der Waals surface area (Å²) in [6.07, 6.45) is 1.72. The van der Waals surface area contributed by atoms with Gasteiger partial charge in [0.1, 0.15) is 4.34 Å². The van der Waals surface area contributed by atoms with Gasteiger partial charge in [0.15, 0.2) is 5.78 Å². The largest absolute Gasteiger partial charge is 0.295 e. The minimum absolute atomic E-state index is 0.0397. The Morgan fingerprint density at radius 3 is 2.95 bits per heavy atom. The van der Waals surface area contributed by atoms with Crippen LogP contribution in [0.4, 0.5) is 5.69 Å². The first kappa shape index (κ1) is 15.2. The predicted octanol–water partition coefficient (Wildman–Crippen LogP) is 3.19. The number of benzene rings is 1. The van der Waals surface area contributed by atoms with E-state index in [9.17, 15) is 9.00 Å². The summed E-state index contributed by atoms with van der Waals surface area (Å²) in [7, 11) is 0. The van der Waals surface area contributed by atoms with Crippen molar-refractivity contribution < 1.29 is 13.6 Å². The average molecular weight is 328 g/mol. The van der Waals surface area contributed by atoms with Crippen molar-refractivity contribution in [3.63, 3.8) is 0 Å². The molecular formula is C12H12N2O3S3. The molecule has 1 aromatic heterocycles. The van der Waals surface area contributed by atoms with Gasteiger partial charge in [-0.15, -0.1) is 11.3 Å². The Morgan fingerprint density at radius 2 is 2.35 bits per heavy atom. The first-order valence-electron chi connectivity index (χ1n) is 5.60. The Morgan fingerprint density at radius 1 is 1.55 bits per heavy atom. The number of carbonyl (C=O) groups is 1. The zero-order chi connectivity index (χ0) is 14.5. The van der Waals surface area contributed by atoms with Crippen LogP contribution in [-0.2, 0) is 17.0 Å². The molecule has 0 aliphatic carbocycles. The number of anilines is 1. The van der Waals surface area contributed by atoms with Crippen LogP contribution in [-0.4, -0.2) is 19.5 Å². The summed E-state index contributed by atoms with van der Waals surface area (Å²) in [4.78, 5) is 15.6. The fourth-order valence-corrected chi connectivity index (χ4v) is 3.56. The molecule has 1 atom stereocenters. The molecule has 0 amide bonds. The van der Waals surface area contributed by atoms with Crippen molar-refractivity contribution in [2.24, 2.45) is 0 Å². The highest BCUT2D eigenvalue weighted by Gasteiger charge is 2.09. The third-order valence-electron chi connectivity index (χ3n) is 2.47. The number of Topliss-reactive ketones (excluding diaryl/α,β-unsaturated/α-hetero) is 1. The van der Waals surface area contributed by atoms with Gasteiger partial charge < -0.3 is 0 Å². The summed E-state index contributed by atoms with van der Waals surface area (Å²) in [5, 5.41) is 1.89. The molecule has 0 bridgehead atoms. The van der Waals surface area contributed by atoms with Gasteiger partial charge >= 0.3 is 0 Å². The van der Waals surface area contributed by atoms with Crippen LogP contribution >= 0.6 is 23.1 Å². The highest BCUT2D eigenvalue weighted by molar-refractivity contribution is 8.00. The topological polar surface area (TPSA) is 79.3 Å². The number of ketones is 1. The van der Waals surface area contributed by atoms with Crippen LogP contribution in [0.2, 0.25) is 0 Å². The summed E-state index contributed by atoms with van der Waals surface area (Å²) >= 11 is 0.903. The van der Waals surface area contributed by atoms with Crippen molar-refractivity contribution in [1.29, 1.82) is 0 Å². The van der Waals surface area contributed by atoms with Crippen molar-refractivity contribution in [3.05, 3.63) is 40.9 Å². The summed E-state index contributed by atoms with van der Waals surface area (Å²) < 4.78 is 23.2. The van der Waals surface area contributed by atoms with E-state index in [4.69, 9.17) is 4.55 Å². The third kappa shape index (κ3) is 4.14. The molecule has 1 unspecified atom stereocenters. The van der Waals surface area contributed by atoms with E-state index >= 15 is 0 Å². The summed E-state index contributed by atoms with van der Waals surface area (Å²) in [6.45, 7) is 1.49. The van der Waals surface area contributed by atoms with Crippen LogP contribution < -0.4 is 4.72 Å². The first-order chi connectivity index (χ1) is 9.56. The van der Waals surface area contributed by atoms with E-state index in [2.05, 4.69) is 9.71 Å². The maximum atomic E-state index is 11.4. The van der Waals surface area contributed by atoms with Gasteiger partial charge in [-0.05, 0) is 30.7 Å². The molecule has 2 rings (SSSR count). The fraction of sp³-hybridized carbons (Fsp3) is 0.167. The molecule has 0 fully saturated rings. The highest BCUT2D eigenvalue weighted by atomic mass is 32.2. The molecule has 0 radical (unpaired) electrons. The SMILES string of the molecule is CC(=O)c1ccc(NS(=O)O)c(CSc2nccs2)c1. The van der Waals surface area contributed by atoms with E-state index in [-0.39, 0.29) is 5.78 Å². The van der Waals surface area contributed by atoms with Crippen LogP contribution in [0.25, 0.3) is 0 Å². The summed E-state index contributed by atoms with van der Waals surface area (Å²) in [6, 6.07) is 5.01. The molecule has 20 heavy (non-hydrogen) atoms. The van der Waals surface area contributed by atoms with Gasteiger partial charge in [0, 0.05) is 22.9 Å². The van der Waals surface area contributed by atoms with Crippen molar-refractivity contribution in [2.75, 3.05) is 4.72 Å². The lowest BCUT2D eigenvalue weighted by Gasteiger charge is -2.10. The van der Waals surface area contributed by atoms with Crippen LogP contribution in [0.3, 0.4) is 0 Å². The van der Waals surface area contributed by atoms with Crippen molar-refractivity contribution in [3.8, 4) is 0 Å². The van der Waals surface area contributed by atoms with Gasteiger partial charge in [0.05, 0.1) is 5.69 Å². The number of aromatic nitrogens is 1. The van der Waals surface area contributed by atoms with Crippen LogP contribution in [0, 0.1) is 0 Å². The maximum Gasteiger partial charge on any atom is 0.259 e. The molecule has 0 aliphatic heterocycles. The molecule has 106 valence electrons. The number of carbonyl (C=O) groups excluding carboxylic acids is 1. The molecule has 0 spiro atoms. The van der Waals surface area contributed by atoms with Crippen molar-refractivity contribution >= 4 is 45.8 Å². The number of hydrogen-bond acceptors (Lipinski definition) is 5. The smallest absolute Gasteiger partial charge is 0.259 e. The lowest BCUT2D eigenvalue weighted by atomic mass is 10.1. The zero-order valence-electron chi connectivity index (χ0n) is 10.5. The summed E-state index contributed by atoms with van der Waals surface area (Å²) in [5.41, 5.74) is 1.91. The van der Waals surface area contributed by atoms with Gasteiger partial charge in [-0.25, -0.2) is 9.19 Å².